The fourth-order valence-corrected chi connectivity index (χ4v) is 2.64. The second kappa shape index (κ2) is 4.58. The van der Waals surface area contributed by atoms with Crippen molar-refractivity contribution in [2.24, 2.45) is 5.41 Å². The van der Waals surface area contributed by atoms with Gasteiger partial charge in [-0.25, -0.2) is 4.98 Å². The summed E-state index contributed by atoms with van der Waals surface area (Å²) < 4.78 is 2.37. The molecule has 1 aliphatic carbocycles. The van der Waals surface area contributed by atoms with Crippen LogP contribution in [0.4, 0.5) is 0 Å². The minimum atomic E-state index is 0.542. The molecule has 0 bridgehead atoms. The molecule has 0 amide bonds. The van der Waals surface area contributed by atoms with Gasteiger partial charge in [0.25, 0.3) is 0 Å². The van der Waals surface area contributed by atoms with Gasteiger partial charge in [0, 0.05) is 18.8 Å². The number of nitrogens with zero attached hydrogens (tertiary/aromatic N) is 2. The lowest BCUT2D eigenvalue weighted by atomic mass is 9.75. The first-order valence-corrected chi connectivity index (χ1v) is 6.28. The van der Waals surface area contributed by atoms with Gasteiger partial charge in [0.15, 0.2) is 0 Å². The van der Waals surface area contributed by atoms with E-state index in [1.165, 1.54) is 31.4 Å². The van der Waals surface area contributed by atoms with Crippen LogP contribution in [0.15, 0.2) is 12.5 Å². The van der Waals surface area contributed by atoms with Gasteiger partial charge in [0.1, 0.15) is 0 Å². The number of nitrogens with one attached hydrogen (secondary N) is 1. The van der Waals surface area contributed by atoms with Gasteiger partial charge in [0.05, 0.1) is 12.0 Å². The highest BCUT2D eigenvalue weighted by atomic mass is 15.1. The first-order valence-electron chi connectivity index (χ1n) is 6.28. The molecule has 0 aliphatic heterocycles. The van der Waals surface area contributed by atoms with E-state index in [2.05, 4.69) is 28.7 Å². The van der Waals surface area contributed by atoms with Gasteiger partial charge in [-0.05, 0) is 38.1 Å². The quantitative estimate of drug-likeness (QED) is 0.850. The van der Waals surface area contributed by atoms with E-state index in [1.807, 2.05) is 19.6 Å². The highest BCUT2D eigenvalue weighted by Gasteiger charge is 2.28. The molecule has 0 radical (unpaired) electrons. The largest absolute Gasteiger partial charge is 0.330 e. The molecule has 1 fully saturated rings. The molecule has 0 atom stereocenters. The Balaban J connectivity index is 2.05. The highest BCUT2D eigenvalue weighted by Crippen LogP contribution is 2.40. The molecule has 1 N–H and O–H groups in total. The number of aromatic nitrogens is 2. The monoisotopic (exact) mass is 221 g/mol. The summed E-state index contributed by atoms with van der Waals surface area (Å²) in [7, 11) is 1.99. The summed E-state index contributed by atoms with van der Waals surface area (Å²) in [5.41, 5.74) is 1.85. The van der Waals surface area contributed by atoms with Crippen LogP contribution in [0.1, 0.15) is 51.3 Å². The Kier molecular flexibility index (Phi) is 3.33. The summed E-state index contributed by atoms with van der Waals surface area (Å²) in [4.78, 5) is 4.28. The van der Waals surface area contributed by atoms with Crippen LogP contribution in [0, 0.1) is 5.41 Å². The molecular weight excluding hydrogens is 198 g/mol. The van der Waals surface area contributed by atoms with E-state index < -0.39 is 0 Å². The second-order valence-corrected chi connectivity index (χ2v) is 5.72. The maximum atomic E-state index is 4.28. The Morgan fingerprint density at radius 2 is 2.12 bits per heavy atom. The predicted octanol–water partition coefficient (Wildman–Crippen LogP) is 2.74. The lowest BCUT2D eigenvalue weighted by molar-refractivity contribution is 0.191. The Hall–Kier alpha value is -0.830. The van der Waals surface area contributed by atoms with Crippen molar-refractivity contribution in [2.45, 2.75) is 52.1 Å². The molecule has 1 saturated carbocycles. The molecule has 90 valence electrons. The maximum Gasteiger partial charge on any atom is 0.0951 e. The Morgan fingerprint density at radius 3 is 2.75 bits per heavy atom. The SMILES string of the molecule is CNCc1cncn1C1CCC(C)(C)CC1. The van der Waals surface area contributed by atoms with E-state index >= 15 is 0 Å². The third-order valence-corrected chi connectivity index (χ3v) is 3.81. The van der Waals surface area contributed by atoms with E-state index in [4.69, 9.17) is 0 Å². The lowest BCUT2D eigenvalue weighted by Gasteiger charge is -2.35. The molecule has 1 aromatic rings. The van der Waals surface area contributed by atoms with Crippen LogP contribution in [0.5, 0.6) is 0 Å². The summed E-state index contributed by atoms with van der Waals surface area (Å²) >= 11 is 0. The summed E-state index contributed by atoms with van der Waals surface area (Å²) in [6, 6.07) is 0.666. The molecule has 1 aromatic heterocycles. The summed E-state index contributed by atoms with van der Waals surface area (Å²) in [6.07, 6.45) is 9.22. The van der Waals surface area contributed by atoms with Crippen LogP contribution in [0.25, 0.3) is 0 Å². The zero-order chi connectivity index (χ0) is 11.6. The van der Waals surface area contributed by atoms with Crippen LogP contribution in [-0.4, -0.2) is 16.6 Å². The fourth-order valence-electron chi connectivity index (χ4n) is 2.64. The van der Waals surface area contributed by atoms with Gasteiger partial charge in [-0.15, -0.1) is 0 Å². The van der Waals surface area contributed by atoms with Crippen molar-refractivity contribution in [2.75, 3.05) is 7.05 Å². The van der Waals surface area contributed by atoms with Gasteiger partial charge < -0.3 is 9.88 Å². The lowest BCUT2D eigenvalue weighted by Crippen LogP contribution is -2.24. The number of hydrogen-bond donors (Lipinski definition) is 1. The van der Waals surface area contributed by atoms with Gasteiger partial charge >= 0.3 is 0 Å². The zero-order valence-corrected chi connectivity index (χ0v) is 10.7. The van der Waals surface area contributed by atoms with Crippen LogP contribution >= 0.6 is 0 Å². The number of imidazole rings is 1. The van der Waals surface area contributed by atoms with E-state index in [-0.39, 0.29) is 0 Å². The maximum absolute atomic E-state index is 4.28. The van der Waals surface area contributed by atoms with E-state index in [0.717, 1.165) is 6.54 Å². The van der Waals surface area contributed by atoms with Crippen molar-refractivity contribution in [3.05, 3.63) is 18.2 Å². The molecule has 0 aromatic carbocycles. The molecule has 16 heavy (non-hydrogen) atoms. The summed E-state index contributed by atoms with van der Waals surface area (Å²) in [5.74, 6) is 0. The van der Waals surface area contributed by atoms with Gasteiger partial charge in [-0.2, -0.15) is 0 Å². The predicted molar refractivity (Wildman–Crippen MR) is 66.3 cm³/mol. The molecule has 1 heterocycles. The smallest absolute Gasteiger partial charge is 0.0951 e. The molecule has 0 saturated heterocycles. The van der Waals surface area contributed by atoms with Gasteiger partial charge in [-0.1, -0.05) is 13.8 Å². The average Bonchev–Trinajstić information content (AvgIpc) is 2.67. The second-order valence-electron chi connectivity index (χ2n) is 5.72. The van der Waals surface area contributed by atoms with Crippen molar-refractivity contribution in [3.63, 3.8) is 0 Å². The van der Waals surface area contributed by atoms with Crippen LogP contribution in [0.2, 0.25) is 0 Å². The van der Waals surface area contributed by atoms with E-state index in [9.17, 15) is 0 Å². The number of rotatable bonds is 3. The van der Waals surface area contributed by atoms with Crippen molar-refractivity contribution >= 4 is 0 Å². The Bertz CT molecular complexity index is 331. The van der Waals surface area contributed by atoms with Crippen molar-refractivity contribution in [3.8, 4) is 0 Å². The first-order chi connectivity index (χ1) is 7.62. The third kappa shape index (κ3) is 2.46. The third-order valence-electron chi connectivity index (χ3n) is 3.81. The van der Waals surface area contributed by atoms with Gasteiger partial charge in [-0.3, -0.25) is 0 Å². The number of hydrogen-bond acceptors (Lipinski definition) is 2. The van der Waals surface area contributed by atoms with Gasteiger partial charge in [0.2, 0.25) is 0 Å². The molecule has 3 nitrogen and oxygen atoms in total. The minimum absolute atomic E-state index is 0.542. The first kappa shape index (κ1) is 11.6. The van der Waals surface area contributed by atoms with Crippen LogP contribution in [-0.2, 0) is 6.54 Å². The van der Waals surface area contributed by atoms with Crippen molar-refractivity contribution in [1.29, 1.82) is 0 Å². The standard InChI is InChI=1S/C13H23N3/c1-13(2)6-4-11(5-7-13)16-10-15-9-12(16)8-14-3/h9-11,14H,4-8H2,1-3H3. The zero-order valence-electron chi connectivity index (χ0n) is 10.7. The minimum Gasteiger partial charge on any atom is -0.330 e. The van der Waals surface area contributed by atoms with Crippen molar-refractivity contribution in [1.82, 2.24) is 14.9 Å². The molecule has 2 rings (SSSR count). The fraction of sp³-hybridized carbons (Fsp3) is 0.769. The van der Waals surface area contributed by atoms with Crippen molar-refractivity contribution < 1.29 is 0 Å². The molecule has 1 aliphatic rings. The Labute approximate surface area is 98.3 Å². The molecular formula is C13H23N3. The molecule has 3 heteroatoms. The van der Waals surface area contributed by atoms with Crippen LogP contribution in [0.3, 0.4) is 0 Å². The molecule has 0 spiro atoms. The van der Waals surface area contributed by atoms with E-state index in [1.54, 1.807) is 0 Å². The molecule has 0 unspecified atom stereocenters. The summed E-state index contributed by atoms with van der Waals surface area (Å²) in [6.45, 7) is 5.68. The van der Waals surface area contributed by atoms with E-state index in [0.29, 0.717) is 11.5 Å². The topological polar surface area (TPSA) is 29.9 Å². The van der Waals surface area contributed by atoms with Crippen LogP contribution < -0.4 is 5.32 Å². The summed E-state index contributed by atoms with van der Waals surface area (Å²) in [5, 5.41) is 3.21. The Morgan fingerprint density at radius 1 is 1.44 bits per heavy atom. The average molecular weight is 221 g/mol. The highest BCUT2D eigenvalue weighted by molar-refractivity contribution is 5.01. The normalized spacial score (nSPS) is 21.2.